The first kappa shape index (κ1) is 16.3. The quantitative estimate of drug-likeness (QED) is 0.585. The van der Waals surface area contributed by atoms with Gasteiger partial charge >= 0.3 is 0 Å². The fourth-order valence-corrected chi connectivity index (χ4v) is 3.98. The molecule has 8 nitrogen and oxygen atoms in total. The summed E-state index contributed by atoms with van der Waals surface area (Å²) in [5, 5.41) is 3.57. The Labute approximate surface area is 167 Å². The number of aliphatic imine (C=N–C) groups is 1. The summed E-state index contributed by atoms with van der Waals surface area (Å²) in [6.45, 7) is 1.96. The molecule has 6 rings (SSSR count). The Bertz CT molecular complexity index is 1180. The van der Waals surface area contributed by atoms with E-state index in [1.54, 1.807) is 6.26 Å². The first-order valence-corrected chi connectivity index (χ1v) is 9.58. The van der Waals surface area contributed by atoms with E-state index in [9.17, 15) is 0 Å². The molecule has 0 saturated heterocycles. The number of hydrogen-bond acceptors (Lipinski definition) is 7. The third kappa shape index (κ3) is 2.68. The van der Waals surface area contributed by atoms with Crippen LogP contribution in [0.5, 0.6) is 0 Å². The molecule has 29 heavy (non-hydrogen) atoms. The molecule has 0 spiro atoms. The van der Waals surface area contributed by atoms with Crippen LogP contribution in [0.3, 0.4) is 0 Å². The molecule has 0 bridgehead atoms. The first-order valence-electron chi connectivity index (χ1n) is 9.58. The van der Waals surface area contributed by atoms with Gasteiger partial charge in [-0.1, -0.05) is 18.2 Å². The standard InChI is InChI=1S/C21H19N7O/c1-2-9-18-16(7-1)24-21-27-14-26(12-15-6-5-11-29-15)13-23-20(27)25-19(28(18)21)17-8-3-4-10-22-17/h1-11,19H,12-14H2,(H,23,25)/t19-/m0/s1. The fourth-order valence-electron chi connectivity index (χ4n) is 3.98. The zero-order chi connectivity index (χ0) is 19.2. The van der Waals surface area contributed by atoms with Gasteiger partial charge < -0.3 is 9.73 Å². The normalized spacial score (nSPS) is 18.8. The summed E-state index contributed by atoms with van der Waals surface area (Å²) in [4.78, 5) is 18.6. The van der Waals surface area contributed by atoms with Gasteiger partial charge in [0.25, 0.3) is 0 Å². The number of hydrogen-bond donors (Lipinski definition) is 1. The van der Waals surface area contributed by atoms with Gasteiger partial charge in [-0.25, -0.2) is 9.98 Å². The second kappa shape index (κ2) is 6.46. The van der Waals surface area contributed by atoms with Crippen molar-refractivity contribution in [2.24, 2.45) is 4.99 Å². The molecule has 2 aliphatic heterocycles. The zero-order valence-corrected chi connectivity index (χ0v) is 15.6. The van der Waals surface area contributed by atoms with E-state index < -0.39 is 0 Å². The van der Waals surface area contributed by atoms with Gasteiger partial charge in [0.2, 0.25) is 11.9 Å². The maximum absolute atomic E-state index is 5.51. The lowest BCUT2D eigenvalue weighted by Crippen LogP contribution is -2.57. The van der Waals surface area contributed by atoms with Crippen molar-refractivity contribution in [2.75, 3.05) is 18.2 Å². The van der Waals surface area contributed by atoms with Crippen LogP contribution in [0.4, 0.5) is 5.95 Å². The summed E-state index contributed by atoms with van der Waals surface area (Å²) >= 11 is 0. The topological polar surface area (TPSA) is 74.7 Å². The molecule has 1 aromatic carbocycles. The fraction of sp³-hybridized carbons (Fsp3) is 0.190. The van der Waals surface area contributed by atoms with Gasteiger partial charge in [-0.3, -0.25) is 19.4 Å². The van der Waals surface area contributed by atoms with Gasteiger partial charge in [-0.2, -0.15) is 0 Å². The van der Waals surface area contributed by atoms with Gasteiger partial charge in [-0.15, -0.1) is 0 Å². The van der Waals surface area contributed by atoms with E-state index in [2.05, 4.69) is 30.7 Å². The number of nitrogens with zero attached hydrogens (tertiary/aromatic N) is 6. The Hall–Kier alpha value is -3.65. The van der Waals surface area contributed by atoms with Gasteiger partial charge in [-0.05, 0) is 36.4 Å². The molecular weight excluding hydrogens is 366 g/mol. The third-order valence-electron chi connectivity index (χ3n) is 5.29. The maximum Gasteiger partial charge on any atom is 0.216 e. The van der Waals surface area contributed by atoms with Crippen LogP contribution < -0.4 is 10.2 Å². The zero-order valence-electron chi connectivity index (χ0n) is 15.6. The Kier molecular flexibility index (Phi) is 3.63. The average molecular weight is 385 g/mol. The third-order valence-corrected chi connectivity index (χ3v) is 5.29. The van der Waals surface area contributed by atoms with E-state index in [0.29, 0.717) is 19.9 Å². The van der Waals surface area contributed by atoms with Crippen molar-refractivity contribution in [2.45, 2.75) is 12.7 Å². The van der Waals surface area contributed by atoms with Crippen molar-refractivity contribution in [3.8, 4) is 0 Å². The smallest absolute Gasteiger partial charge is 0.216 e. The van der Waals surface area contributed by atoms with Crippen molar-refractivity contribution in [1.29, 1.82) is 0 Å². The number of guanidine groups is 1. The predicted octanol–water partition coefficient (Wildman–Crippen LogP) is 2.77. The van der Waals surface area contributed by atoms with Crippen LogP contribution in [0.25, 0.3) is 11.0 Å². The highest BCUT2D eigenvalue weighted by Crippen LogP contribution is 2.33. The SMILES string of the molecule is c1ccc([C@H]2NC3=NCN(Cc4ccco4)CN3c3nc4ccccc4n32)nc1. The molecule has 2 aliphatic rings. The van der Waals surface area contributed by atoms with Gasteiger partial charge in [0, 0.05) is 6.20 Å². The van der Waals surface area contributed by atoms with Gasteiger partial charge in [0.05, 0.1) is 42.9 Å². The van der Waals surface area contributed by atoms with Crippen LogP contribution in [0, 0.1) is 0 Å². The highest BCUT2D eigenvalue weighted by Gasteiger charge is 2.36. The minimum Gasteiger partial charge on any atom is -0.468 e. The molecule has 5 heterocycles. The highest BCUT2D eigenvalue weighted by atomic mass is 16.3. The number of fused-ring (bicyclic) bond motifs is 5. The molecule has 0 saturated carbocycles. The molecule has 4 aromatic rings. The van der Waals surface area contributed by atoms with E-state index in [1.807, 2.05) is 54.7 Å². The average Bonchev–Trinajstić information content (AvgIpc) is 3.42. The highest BCUT2D eigenvalue weighted by molar-refractivity contribution is 5.98. The van der Waals surface area contributed by atoms with Crippen LogP contribution in [0.15, 0.2) is 76.5 Å². The number of furan rings is 1. The van der Waals surface area contributed by atoms with E-state index in [1.165, 1.54) is 0 Å². The molecule has 0 amide bonds. The molecule has 3 aromatic heterocycles. The van der Waals surface area contributed by atoms with Crippen LogP contribution in [0.1, 0.15) is 17.6 Å². The van der Waals surface area contributed by atoms with Crippen LogP contribution >= 0.6 is 0 Å². The molecule has 0 fully saturated rings. The van der Waals surface area contributed by atoms with Gasteiger partial charge in [0.15, 0.2) is 6.17 Å². The summed E-state index contributed by atoms with van der Waals surface area (Å²) in [6, 6.07) is 18.0. The molecule has 0 radical (unpaired) electrons. The van der Waals surface area contributed by atoms with Crippen molar-refractivity contribution < 1.29 is 4.42 Å². The van der Waals surface area contributed by atoms with E-state index in [-0.39, 0.29) is 6.17 Å². The minimum atomic E-state index is -0.162. The number of nitrogens with one attached hydrogen (secondary N) is 1. The Morgan fingerprint density at radius 3 is 2.86 bits per heavy atom. The maximum atomic E-state index is 5.51. The van der Waals surface area contributed by atoms with Crippen molar-refractivity contribution >= 4 is 22.9 Å². The number of aromatic nitrogens is 3. The lowest BCUT2D eigenvalue weighted by molar-refractivity contribution is 0.242. The summed E-state index contributed by atoms with van der Waals surface area (Å²) in [6.07, 6.45) is 3.36. The largest absolute Gasteiger partial charge is 0.468 e. The molecule has 8 heteroatoms. The molecule has 0 aliphatic carbocycles. The molecule has 144 valence electrons. The van der Waals surface area contributed by atoms with Crippen molar-refractivity contribution in [1.82, 2.24) is 24.8 Å². The molecular formula is C21H19N7O. The van der Waals surface area contributed by atoms with Crippen molar-refractivity contribution in [3.63, 3.8) is 0 Å². The van der Waals surface area contributed by atoms with E-state index in [4.69, 9.17) is 14.4 Å². The lowest BCUT2D eigenvalue weighted by atomic mass is 10.2. The minimum absolute atomic E-state index is 0.162. The number of rotatable bonds is 3. The Balaban J connectivity index is 1.44. The van der Waals surface area contributed by atoms with Crippen LogP contribution in [0.2, 0.25) is 0 Å². The summed E-state index contributed by atoms with van der Waals surface area (Å²) in [7, 11) is 0. The lowest BCUT2D eigenvalue weighted by Gasteiger charge is -2.41. The summed E-state index contributed by atoms with van der Waals surface area (Å²) in [5.74, 6) is 2.61. The summed E-state index contributed by atoms with van der Waals surface area (Å²) < 4.78 is 7.71. The van der Waals surface area contributed by atoms with E-state index >= 15 is 0 Å². The predicted molar refractivity (Wildman–Crippen MR) is 109 cm³/mol. The number of para-hydroxylation sites is 2. The summed E-state index contributed by atoms with van der Waals surface area (Å²) in [5.41, 5.74) is 2.94. The number of benzene rings is 1. The molecule has 0 unspecified atom stereocenters. The van der Waals surface area contributed by atoms with Crippen LogP contribution in [-0.2, 0) is 6.54 Å². The molecule has 1 N–H and O–H groups in total. The molecule has 1 atom stereocenters. The van der Waals surface area contributed by atoms with E-state index in [0.717, 1.165) is 34.4 Å². The number of imidazole rings is 1. The Morgan fingerprint density at radius 1 is 1.07 bits per heavy atom. The van der Waals surface area contributed by atoms with Crippen molar-refractivity contribution in [3.05, 3.63) is 78.5 Å². The monoisotopic (exact) mass is 385 g/mol. The van der Waals surface area contributed by atoms with Gasteiger partial charge in [0.1, 0.15) is 5.76 Å². The number of anilines is 1. The van der Waals surface area contributed by atoms with Crippen LogP contribution in [-0.4, -0.2) is 38.7 Å². The first-order chi connectivity index (χ1) is 14.4. The number of pyridine rings is 1. The second-order valence-electron chi connectivity index (χ2n) is 7.17. The second-order valence-corrected chi connectivity index (χ2v) is 7.17. The Morgan fingerprint density at radius 2 is 2.00 bits per heavy atom.